The minimum Gasteiger partial charge on any atom is -0.507 e. The summed E-state index contributed by atoms with van der Waals surface area (Å²) < 4.78 is 0. The van der Waals surface area contributed by atoms with Gasteiger partial charge in [-0.1, -0.05) is 0 Å². The van der Waals surface area contributed by atoms with Crippen molar-refractivity contribution < 1.29 is 10.2 Å². The number of nitrogens with zero attached hydrogens (tertiary/aromatic N) is 1. The first kappa shape index (κ1) is 8.41. The third kappa shape index (κ3) is 1.08. The van der Waals surface area contributed by atoms with E-state index < -0.39 is 0 Å². The lowest BCUT2D eigenvalue weighted by molar-refractivity contribution is 0.439. The van der Waals surface area contributed by atoms with Crippen LogP contribution >= 0.6 is 0 Å². The minimum atomic E-state index is -0.138. The van der Waals surface area contributed by atoms with E-state index in [1.54, 1.807) is 13.8 Å². The standard InChI is InChI=1S/C9H9NO2/c1-5-3-7(4-10)9(12)6(2)8(5)11/h3,11-12H,1-2H3. The highest BCUT2D eigenvalue weighted by Crippen LogP contribution is 2.32. The van der Waals surface area contributed by atoms with Gasteiger partial charge in [-0.3, -0.25) is 0 Å². The smallest absolute Gasteiger partial charge is 0.139 e. The molecule has 0 aliphatic rings. The SMILES string of the molecule is Cc1cc(C#N)c(O)c(C)c1O. The van der Waals surface area contributed by atoms with E-state index in [2.05, 4.69) is 0 Å². The molecule has 0 spiro atoms. The fourth-order valence-electron chi connectivity index (χ4n) is 1.05. The molecular weight excluding hydrogens is 154 g/mol. The van der Waals surface area contributed by atoms with Gasteiger partial charge in [0.1, 0.15) is 17.6 Å². The number of rotatable bonds is 0. The molecule has 0 bridgehead atoms. The van der Waals surface area contributed by atoms with Crippen LogP contribution in [0.2, 0.25) is 0 Å². The van der Waals surface area contributed by atoms with Crippen LogP contribution in [0.5, 0.6) is 11.5 Å². The maximum atomic E-state index is 9.34. The molecule has 2 N–H and O–H groups in total. The second kappa shape index (κ2) is 2.74. The average molecular weight is 163 g/mol. The van der Waals surface area contributed by atoms with E-state index >= 15 is 0 Å². The molecule has 12 heavy (non-hydrogen) atoms. The van der Waals surface area contributed by atoms with Crippen LogP contribution in [0.25, 0.3) is 0 Å². The summed E-state index contributed by atoms with van der Waals surface area (Å²) in [6, 6.07) is 3.30. The van der Waals surface area contributed by atoms with Crippen LogP contribution < -0.4 is 0 Å². The van der Waals surface area contributed by atoms with Gasteiger partial charge >= 0.3 is 0 Å². The quantitative estimate of drug-likeness (QED) is 0.610. The minimum absolute atomic E-state index is 0.0477. The molecule has 0 heterocycles. The maximum Gasteiger partial charge on any atom is 0.139 e. The van der Waals surface area contributed by atoms with Crippen molar-refractivity contribution in [3.63, 3.8) is 0 Å². The van der Waals surface area contributed by atoms with Crippen LogP contribution in [-0.2, 0) is 0 Å². The highest BCUT2D eigenvalue weighted by molar-refractivity contribution is 5.56. The predicted molar refractivity (Wildman–Crippen MR) is 44.0 cm³/mol. The van der Waals surface area contributed by atoms with Crippen molar-refractivity contribution in [3.05, 3.63) is 22.8 Å². The zero-order valence-corrected chi connectivity index (χ0v) is 6.92. The van der Waals surface area contributed by atoms with Gasteiger partial charge in [-0.15, -0.1) is 0 Å². The Balaban J connectivity index is 3.52. The van der Waals surface area contributed by atoms with E-state index in [4.69, 9.17) is 5.26 Å². The molecule has 1 aromatic carbocycles. The molecule has 0 amide bonds. The molecule has 62 valence electrons. The predicted octanol–water partition coefficient (Wildman–Crippen LogP) is 1.59. The molecule has 0 aromatic heterocycles. The highest BCUT2D eigenvalue weighted by Gasteiger charge is 2.10. The first-order chi connectivity index (χ1) is 5.57. The van der Waals surface area contributed by atoms with Gasteiger partial charge < -0.3 is 10.2 Å². The Morgan fingerprint density at radius 3 is 2.33 bits per heavy atom. The van der Waals surface area contributed by atoms with Gasteiger partial charge in [-0.05, 0) is 25.5 Å². The van der Waals surface area contributed by atoms with E-state index in [0.717, 1.165) is 0 Å². The van der Waals surface area contributed by atoms with Crippen LogP contribution in [0.15, 0.2) is 6.07 Å². The molecule has 0 aliphatic carbocycles. The third-order valence-corrected chi connectivity index (χ3v) is 1.82. The second-order valence-corrected chi connectivity index (χ2v) is 2.68. The van der Waals surface area contributed by atoms with Crippen LogP contribution in [0.4, 0.5) is 0 Å². The molecule has 0 radical (unpaired) electrons. The fraction of sp³-hybridized carbons (Fsp3) is 0.222. The van der Waals surface area contributed by atoms with Crippen molar-refractivity contribution in [2.45, 2.75) is 13.8 Å². The lowest BCUT2D eigenvalue weighted by atomic mass is 10.1. The van der Waals surface area contributed by atoms with Crippen LogP contribution in [0, 0.1) is 25.2 Å². The molecular formula is C9H9NO2. The fourth-order valence-corrected chi connectivity index (χ4v) is 1.05. The molecule has 0 saturated heterocycles. The van der Waals surface area contributed by atoms with E-state index in [1.807, 2.05) is 6.07 Å². The Morgan fingerprint density at radius 2 is 1.83 bits per heavy atom. The largest absolute Gasteiger partial charge is 0.507 e. The molecule has 1 rings (SSSR count). The topological polar surface area (TPSA) is 64.2 Å². The van der Waals surface area contributed by atoms with Crippen molar-refractivity contribution in [2.75, 3.05) is 0 Å². The zero-order chi connectivity index (χ0) is 9.30. The Labute approximate surface area is 70.5 Å². The van der Waals surface area contributed by atoms with Gasteiger partial charge in [-0.2, -0.15) is 5.26 Å². The summed E-state index contributed by atoms with van der Waals surface area (Å²) >= 11 is 0. The van der Waals surface area contributed by atoms with Crippen molar-refractivity contribution in [1.29, 1.82) is 5.26 Å². The molecule has 3 nitrogen and oxygen atoms in total. The van der Waals surface area contributed by atoms with Crippen molar-refractivity contribution >= 4 is 0 Å². The second-order valence-electron chi connectivity index (χ2n) is 2.68. The highest BCUT2D eigenvalue weighted by atomic mass is 16.3. The van der Waals surface area contributed by atoms with Gasteiger partial charge in [-0.25, -0.2) is 0 Å². The van der Waals surface area contributed by atoms with E-state index in [9.17, 15) is 10.2 Å². The third-order valence-electron chi connectivity index (χ3n) is 1.82. The Morgan fingerprint density at radius 1 is 1.25 bits per heavy atom. The number of aromatic hydroxyl groups is 2. The van der Waals surface area contributed by atoms with Crippen molar-refractivity contribution in [1.82, 2.24) is 0 Å². The first-order valence-electron chi connectivity index (χ1n) is 3.50. The summed E-state index contributed by atoms with van der Waals surface area (Å²) in [5.74, 6) is -0.0906. The average Bonchev–Trinajstić information content (AvgIpc) is 2.08. The summed E-state index contributed by atoms with van der Waals surface area (Å²) in [6.45, 7) is 3.25. The van der Waals surface area contributed by atoms with Gasteiger partial charge in [0, 0.05) is 5.56 Å². The molecule has 3 heteroatoms. The number of nitriles is 1. The Kier molecular flexibility index (Phi) is 1.92. The number of hydrogen-bond acceptors (Lipinski definition) is 3. The number of aryl methyl sites for hydroxylation is 1. The zero-order valence-electron chi connectivity index (χ0n) is 6.92. The van der Waals surface area contributed by atoms with Gasteiger partial charge in [0.15, 0.2) is 0 Å². The Hall–Kier alpha value is -1.69. The van der Waals surface area contributed by atoms with E-state index in [1.165, 1.54) is 6.07 Å². The maximum absolute atomic E-state index is 9.34. The summed E-state index contributed by atoms with van der Waals surface area (Å²) in [7, 11) is 0. The van der Waals surface area contributed by atoms with Crippen LogP contribution in [0.1, 0.15) is 16.7 Å². The van der Waals surface area contributed by atoms with E-state index in [0.29, 0.717) is 11.1 Å². The summed E-state index contributed by atoms with van der Waals surface area (Å²) in [5, 5.41) is 27.2. The first-order valence-corrected chi connectivity index (χ1v) is 3.50. The van der Waals surface area contributed by atoms with Crippen LogP contribution in [0.3, 0.4) is 0 Å². The number of phenols is 2. The summed E-state index contributed by atoms with van der Waals surface area (Å²) in [4.78, 5) is 0. The summed E-state index contributed by atoms with van der Waals surface area (Å²) in [6.07, 6.45) is 0. The Bertz CT molecular complexity index is 364. The van der Waals surface area contributed by atoms with Gasteiger partial charge in [0.05, 0.1) is 5.56 Å². The monoisotopic (exact) mass is 163 g/mol. The number of benzene rings is 1. The van der Waals surface area contributed by atoms with Crippen LogP contribution in [-0.4, -0.2) is 10.2 Å². The van der Waals surface area contributed by atoms with Crippen molar-refractivity contribution in [2.24, 2.45) is 0 Å². The number of hydrogen-bond donors (Lipinski definition) is 2. The molecule has 1 aromatic rings. The molecule has 0 unspecified atom stereocenters. The number of phenolic OH excluding ortho intramolecular Hbond substituents is 2. The molecule has 0 atom stereocenters. The molecule has 0 saturated carbocycles. The van der Waals surface area contributed by atoms with E-state index in [-0.39, 0.29) is 17.1 Å². The summed E-state index contributed by atoms with van der Waals surface area (Å²) in [5.41, 5.74) is 1.15. The van der Waals surface area contributed by atoms with Gasteiger partial charge in [0.2, 0.25) is 0 Å². The molecule has 0 aliphatic heterocycles. The van der Waals surface area contributed by atoms with Crippen molar-refractivity contribution in [3.8, 4) is 17.6 Å². The lowest BCUT2D eigenvalue weighted by Crippen LogP contribution is -1.86. The normalized spacial score (nSPS) is 9.42. The van der Waals surface area contributed by atoms with Gasteiger partial charge in [0.25, 0.3) is 0 Å². The lowest BCUT2D eigenvalue weighted by Gasteiger charge is -2.06. The molecule has 0 fully saturated rings.